The van der Waals surface area contributed by atoms with Crippen LogP contribution >= 0.6 is 0 Å². The molecular weight excluding hydrogens is 120 g/mol. The van der Waals surface area contributed by atoms with Gasteiger partial charge in [-0.15, -0.1) is 0 Å². The number of rotatable bonds is 3. The van der Waals surface area contributed by atoms with Crippen LogP contribution in [0.5, 0.6) is 5.75 Å². The van der Waals surface area contributed by atoms with Crippen LogP contribution in [0.25, 0.3) is 0 Å². The highest BCUT2D eigenvalue weighted by Crippen LogP contribution is 2.08. The molecule has 0 aliphatic heterocycles. The van der Waals surface area contributed by atoms with Gasteiger partial charge < -0.3 is 14.3 Å². The highest BCUT2D eigenvalue weighted by Gasteiger charge is 1.90. The molecule has 50 valence electrons. The lowest BCUT2D eigenvalue weighted by Crippen LogP contribution is -2.00. The van der Waals surface area contributed by atoms with Crippen molar-refractivity contribution in [3.05, 3.63) is 18.6 Å². The second kappa shape index (κ2) is 3.14. The predicted octanol–water partition coefficient (Wildman–Crippen LogP) is 0.651. The van der Waals surface area contributed by atoms with Crippen molar-refractivity contribution in [2.75, 3.05) is 13.2 Å². The summed E-state index contributed by atoms with van der Waals surface area (Å²) in [6.45, 7) is 0.352. The van der Waals surface area contributed by atoms with Crippen molar-refractivity contribution in [1.29, 1.82) is 0 Å². The summed E-state index contributed by atoms with van der Waals surface area (Å²) in [6.07, 6.45) is 3.00. The Morgan fingerprint density at radius 3 is 3.11 bits per heavy atom. The Hall–Kier alpha value is -0.960. The Balaban J connectivity index is 2.30. The number of furan rings is 1. The van der Waals surface area contributed by atoms with E-state index in [4.69, 9.17) is 14.3 Å². The molecule has 0 bridgehead atoms. The number of aliphatic hydroxyl groups is 1. The fourth-order valence-corrected chi connectivity index (χ4v) is 0.498. The van der Waals surface area contributed by atoms with E-state index in [2.05, 4.69) is 0 Å². The molecule has 1 aromatic heterocycles. The summed E-state index contributed by atoms with van der Waals surface area (Å²) < 4.78 is 9.66. The van der Waals surface area contributed by atoms with Crippen LogP contribution in [0.15, 0.2) is 23.0 Å². The lowest BCUT2D eigenvalue weighted by atomic mass is 10.6. The SMILES string of the molecule is OCCOc1ccoc1. The van der Waals surface area contributed by atoms with Gasteiger partial charge in [-0.3, -0.25) is 0 Å². The van der Waals surface area contributed by atoms with Gasteiger partial charge in [0.2, 0.25) is 0 Å². The van der Waals surface area contributed by atoms with Gasteiger partial charge in [-0.05, 0) is 0 Å². The summed E-state index contributed by atoms with van der Waals surface area (Å²) in [7, 11) is 0. The first-order valence-electron chi connectivity index (χ1n) is 2.69. The highest BCUT2D eigenvalue weighted by molar-refractivity contribution is 5.12. The van der Waals surface area contributed by atoms with Gasteiger partial charge in [0.1, 0.15) is 12.9 Å². The number of ether oxygens (including phenoxy) is 1. The van der Waals surface area contributed by atoms with E-state index in [-0.39, 0.29) is 6.61 Å². The van der Waals surface area contributed by atoms with Crippen LogP contribution < -0.4 is 4.74 Å². The van der Waals surface area contributed by atoms with Crippen LogP contribution in [0.1, 0.15) is 0 Å². The molecule has 0 saturated heterocycles. The zero-order valence-corrected chi connectivity index (χ0v) is 4.91. The van der Waals surface area contributed by atoms with Crippen LogP contribution in [0.2, 0.25) is 0 Å². The first-order valence-corrected chi connectivity index (χ1v) is 2.69. The molecule has 0 atom stereocenters. The van der Waals surface area contributed by atoms with E-state index in [0.717, 1.165) is 0 Å². The number of hydrogen-bond donors (Lipinski definition) is 1. The molecule has 1 aromatic rings. The topological polar surface area (TPSA) is 42.6 Å². The molecule has 3 nitrogen and oxygen atoms in total. The molecule has 0 aliphatic carbocycles. The maximum Gasteiger partial charge on any atom is 0.157 e. The lowest BCUT2D eigenvalue weighted by molar-refractivity contribution is 0.200. The van der Waals surface area contributed by atoms with Gasteiger partial charge in [-0.1, -0.05) is 0 Å². The smallest absolute Gasteiger partial charge is 0.157 e. The van der Waals surface area contributed by atoms with E-state index in [0.29, 0.717) is 12.4 Å². The molecule has 1 rings (SSSR count). The van der Waals surface area contributed by atoms with E-state index >= 15 is 0 Å². The van der Waals surface area contributed by atoms with Gasteiger partial charge in [-0.25, -0.2) is 0 Å². The van der Waals surface area contributed by atoms with Crippen molar-refractivity contribution in [2.24, 2.45) is 0 Å². The number of hydrogen-bond acceptors (Lipinski definition) is 3. The highest BCUT2D eigenvalue weighted by atomic mass is 16.5. The Bertz CT molecular complexity index is 145. The fourth-order valence-electron chi connectivity index (χ4n) is 0.498. The largest absolute Gasteiger partial charge is 0.488 e. The van der Waals surface area contributed by atoms with Crippen LogP contribution in [0.4, 0.5) is 0 Å². The Morgan fingerprint density at radius 1 is 1.67 bits per heavy atom. The molecule has 0 amide bonds. The third kappa shape index (κ3) is 1.77. The minimum atomic E-state index is 0.0329. The molecule has 0 radical (unpaired) electrons. The van der Waals surface area contributed by atoms with Gasteiger partial charge >= 0.3 is 0 Å². The van der Waals surface area contributed by atoms with Crippen LogP contribution in [-0.4, -0.2) is 18.3 Å². The molecule has 9 heavy (non-hydrogen) atoms. The third-order valence-corrected chi connectivity index (χ3v) is 0.855. The average molecular weight is 128 g/mol. The van der Waals surface area contributed by atoms with Crippen molar-refractivity contribution >= 4 is 0 Å². The van der Waals surface area contributed by atoms with E-state index in [9.17, 15) is 0 Å². The van der Waals surface area contributed by atoms with Crippen molar-refractivity contribution in [3.63, 3.8) is 0 Å². The van der Waals surface area contributed by atoms with Crippen LogP contribution in [0.3, 0.4) is 0 Å². The van der Waals surface area contributed by atoms with E-state index in [1.54, 1.807) is 6.07 Å². The van der Waals surface area contributed by atoms with E-state index < -0.39 is 0 Å². The standard InChI is InChI=1S/C6H8O3/c7-2-4-9-6-1-3-8-5-6/h1,3,5,7H,2,4H2. The molecule has 1 N–H and O–H groups in total. The molecule has 0 spiro atoms. The molecule has 1 heterocycles. The molecule has 0 aliphatic rings. The summed E-state index contributed by atoms with van der Waals surface area (Å²) >= 11 is 0. The van der Waals surface area contributed by atoms with Gasteiger partial charge in [0.15, 0.2) is 5.75 Å². The minimum absolute atomic E-state index is 0.0329. The molecule has 0 saturated carbocycles. The van der Waals surface area contributed by atoms with E-state index in [1.807, 2.05) is 0 Å². The monoisotopic (exact) mass is 128 g/mol. The molecule has 3 heteroatoms. The minimum Gasteiger partial charge on any atom is -0.488 e. The Labute approximate surface area is 52.9 Å². The van der Waals surface area contributed by atoms with Crippen molar-refractivity contribution in [2.45, 2.75) is 0 Å². The third-order valence-electron chi connectivity index (χ3n) is 0.855. The summed E-state index contributed by atoms with van der Waals surface area (Å²) in [4.78, 5) is 0. The van der Waals surface area contributed by atoms with Gasteiger partial charge in [0.05, 0.1) is 12.9 Å². The van der Waals surface area contributed by atoms with Crippen molar-refractivity contribution < 1.29 is 14.3 Å². The van der Waals surface area contributed by atoms with Crippen LogP contribution in [-0.2, 0) is 0 Å². The maximum atomic E-state index is 8.31. The zero-order valence-electron chi connectivity index (χ0n) is 4.91. The molecule has 0 aromatic carbocycles. The summed E-state index contributed by atoms with van der Waals surface area (Å²) in [5, 5.41) is 8.31. The normalized spacial score (nSPS) is 9.44. The van der Waals surface area contributed by atoms with Gasteiger partial charge in [-0.2, -0.15) is 0 Å². The van der Waals surface area contributed by atoms with E-state index in [1.165, 1.54) is 12.5 Å². The average Bonchev–Trinajstić information content (AvgIpc) is 2.34. The summed E-state index contributed by atoms with van der Waals surface area (Å²) in [5.74, 6) is 0.657. The summed E-state index contributed by atoms with van der Waals surface area (Å²) in [5.41, 5.74) is 0. The molecular formula is C6H8O3. The second-order valence-corrected chi connectivity index (χ2v) is 1.53. The zero-order chi connectivity index (χ0) is 6.53. The lowest BCUT2D eigenvalue weighted by Gasteiger charge is -1.96. The van der Waals surface area contributed by atoms with Gasteiger partial charge in [0, 0.05) is 6.07 Å². The Kier molecular flexibility index (Phi) is 2.15. The predicted molar refractivity (Wildman–Crippen MR) is 31.3 cm³/mol. The molecule has 0 unspecified atom stereocenters. The Morgan fingerprint density at radius 2 is 2.56 bits per heavy atom. The van der Waals surface area contributed by atoms with Gasteiger partial charge in [0.25, 0.3) is 0 Å². The first-order chi connectivity index (χ1) is 4.43. The number of aliphatic hydroxyl groups excluding tert-OH is 1. The van der Waals surface area contributed by atoms with Crippen LogP contribution in [0, 0.1) is 0 Å². The fraction of sp³-hybridized carbons (Fsp3) is 0.333. The van der Waals surface area contributed by atoms with Crippen molar-refractivity contribution in [1.82, 2.24) is 0 Å². The quantitative estimate of drug-likeness (QED) is 0.649. The molecule has 0 fully saturated rings. The second-order valence-electron chi connectivity index (χ2n) is 1.53. The first kappa shape index (κ1) is 6.16. The summed E-state index contributed by atoms with van der Waals surface area (Å²) in [6, 6.07) is 1.69. The maximum absolute atomic E-state index is 8.31. The van der Waals surface area contributed by atoms with Crippen molar-refractivity contribution in [3.8, 4) is 5.75 Å².